The number of methoxy groups -OCH3 is 1. The molecule has 2 N–H and O–H groups in total. The van der Waals surface area contributed by atoms with Gasteiger partial charge in [-0.05, 0) is 19.4 Å². The molecule has 16 heavy (non-hydrogen) atoms. The molecule has 1 aliphatic rings. The third-order valence-electron chi connectivity index (χ3n) is 3.39. The molecule has 94 valence electrons. The van der Waals surface area contributed by atoms with Gasteiger partial charge in [0.1, 0.15) is 0 Å². The summed E-state index contributed by atoms with van der Waals surface area (Å²) < 4.78 is 4.85. The SMILES string of the molecule is CCC1(C(=O)O)CCN(CC(O)COC)C1. The molecular formula is C11H21NO4. The van der Waals surface area contributed by atoms with E-state index in [9.17, 15) is 15.0 Å². The Hall–Kier alpha value is -0.650. The van der Waals surface area contributed by atoms with Crippen LogP contribution in [-0.2, 0) is 9.53 Å². The van der Waals surface area contributed by atoms with E-state index in [0.717, 1.165) is 6.54 Å². The number of carboxylic acid groups (broad SMARTS) is 1. The number of nitrogens with zero attached hydrogens (tertiary/aromatic N) is 1. The van der Waals surface area contributed by atoms with Gasteiger partial charge in [0.05, 0.1) is 18.1 Å². The first-order valence-electron chi connectivity index (χ1n) is 5.67. The average molecular weight is 231 g/mol. The van der Waals surface area contributed by atoms with Crippen molar-refractivity contribution < 1.29 is 19.7 Å². The van der Waals surface area contributed by atoms with Crippen molar-refractivity contribution in [3.63, 3.8) is 0 Å². The molecule has 2 atom stereocenters. The zero-order valence-corrected chi connectivity index (χ0v) is 9.98. The van der Waals surface area contributed by atoms with E-state index in [4.69, 9.17) is 4.74 Å². The van der Waals surface area contributed by atoms with Crippen LogP contribution in [-0.4, -0.2) is 60.5 Å². The first-order valence-corrected chi connectivity index (χ1v) is 5.67. The predicted molar refractivity (Wildman–Crippen MR) is 59.3 cm³/mol. The van der Waals surface area contributed by atoms with E-state index < -0.39 is 17.5 Å². The van der Waals surface area contributed by atoms with Crippen LogP contribution < -0.4 is 0 Å². The Kier molecular flexibility index (Phi) is 4.70. The molecule has 0 bridgehead atoms. The average Bonchev–Trinajstić information content (AvgIpc) is 2.63. The van der Waals surface area contributed by atoms with Gasteiger partial charge in [0.2, 0.25) is 0 Å². The molecule has 0 radical (unpaired) electrons. The molecule has 0 saturated carbocycles. The predicted octanol–water partition coefficient (Wildman–Crippen LogP) is 0.180. The molecule has 1 fully saturated rings. The van der Waals surface area contributed by atoms with Gasteiger partial charge in [-0.25, -0.2) is 0 Å². The van der Waals surface area contributed by atoms with Crippen LogP contribution in [0.5, 0.6) is 0 Å². The molecule has 0 aromatic heterocycles. The van der Waals surface area contributed by atoms with E-state index in [-0.39, 0.29) is 0 Å². The molecule has 0 aromatic carbocycles. The number of hydrogen-bond donors (Lipinski definition) is 2. The van der Waals surface area contributed by atoms with Crippen molar-refractivity contribution in [1.82, 2.24) is 4.90 Å². The summed E-state index contributed by atoms with van der Waals surface area (Å²) in [4.78, 5) is 13.2. The van der Waals surface area contributed by atoms with Gasteiger partial charge in [-0.3, -0.25) is 9.69 Å². The lowest BCUT2D eigenvalue weighted by Gasteiger charge is -2.24. The van der Waals surface area contributed by atoms with Crippen molar-refractivity contribution in [3.8, 4) is 0 Å². The van der Waals surface area contributed by atoms with Gasteiger partial charge < -0.3 is 14.9 Å². The number of carboxylic acids is 1. The molecule has 5 heteroatoms. The van der Waals surface area contributed by atoms with E-state index in [1.54, 1.807) is 7.11 Å². The molecule has 0 aromatic rings. The smallest absolute Gasteiger partial charge is 0.310 e. The third-order valence-corrected chi connectivity index (χ3v) is 3.39. The summed E-state index contributed by atoms with van der Waals surface area (Å²) in [5.74, 6) is -0.723. The van der Waals surface area contributed by atoms with Crippen molar-refractivity contribution in [1.29, 1.82) is 0 Å². The largest absolute Gasteiger partial charge is 0.481 e. The van der Waals surface area contributed by atoms with Gasteiger partial charge in [0, 0.05) is 20.2 Å². The molecular weight excluding hydrogens is 210 g/mol. The minimum Gasteiger partial charge on any atom is -0.481 e. The lowest BCUT2D eigenvalue weighted by molar-refractivity contribution is -0.148. The molecule has 1 saturated heterocycles. The summed E-state index contributed by atoms with van der Waals surface area (Å²) in [6, 6.07) is 0. The second-order valence-corrected chi connectivity index (χ2v) is 4.53. The highest BCUT2D eigenvalue weighted by Gasteiger charge is 2.43. The van der Waals surface area contributed by atoms with Crippen LogP contribution >= 0.6 is 0 Å². The zero-order valence-electron chi connectivity index (χ0n) is 9.98. The van der Waals surface area contributed by atoms with Crippen LogP contribution in [0.4, 0.5) is 0 Å². The maximum atomic E-state index is 11.2. The molecule has 0 spiro atoms. The second-order valence-electron chi connectivity index (χ2n) is 4.53. The highest BCUT2D eigenvalue weighted by molar-refractivity contribution is 5.75. The maximum absolute atomic E-state index is 11.2. The van der Waals surface area contributed by atoms with Gasteiger partial charge in [-0.15, -0.1) is 0 Å². The summed E-state index contributed by atoms with van der Waals surface area (Å²) in [5, 5.41) is 18.8. The Morgan fingerprint density at radius 3 is 2.75 bits per heavy atom. The lowest BCUT2D eigenvalue weighted by Crippen LogP contribution is -2.37. The van der Waals surface area contributed by atoms with Crippen LogP contribution in [0, 0.1) is 5.41 Å². The number of aliphatic carboxylic acids is 1. The van der Waals surface area contributed by atoms with Crippen LogP contribution in [0.1, 0.15) is 19.8 Å². The van der Waals surface area contributed by atoms with Crippen molar-refractivity contribution in [2.24, 2.45) is 5.41 Å². The van der Waals surface area contributed by atoms with Gasteiger partial charge in [-0.2, -0.15) is 0 Å². The fraction of sp³-hybridized carbons (Fsp3) is 0.909. The van der Waals surface area contributed by atoms with Gasteiger partial charge in [0.15, 0.2) is 0 Å². The summed E-state index contributed by atoms with van der Waals surface area (Å²) in [5.41, 5.74) is -0.618. The second kappa shape index (κ2) is 5.61. The van der Waals surface area contributed by atoms with Gasteiger partial charge in [0.25, 0.3) is 0 Å². The Morgan fingerprint density at radius 2 is 2.31 bits per heavy atom. The molecule has 0 amide bonds. The number of likely N-dealkylation sites (tertiary alicyclic amines) is 1. The normalized spacial score (nSPS) is 28.2. The van der Waals surface area contributed by atoms with Gasteiger partial charge >= 0.3 is 5.97 Å². The van der Waals surface area contributed by atoms with E-state index in [0.29, 0.717) is 32.5 Å². The highest BCUT2D eigenvalue weighted by Crippen LogP contribution is 2.34. The van der Waals surface area contributed by atoms with Gasteiger partial charge in [-0.1, -0.05) is 6.92 Å². The zero-order chi connectivity index (χ0) is 12.2. The monoisotopic (exact) mass is 231 g/mol. The van der Waals surface area contributed by atoms with Crippen LogP contribution in [0.15, 0.2) is 0 Å². The summed E-state index contributed by atoms with van der Waals surface area (Å²) >= 11 is 0. The molecule has 0 aliphatic carbocycles. The number of rotatable bonds is 6. The minimum absolute atomic E-state index is 0.294. The number of β-amino-alcohol motifs (C(OH)–C–C–N with tert-alkyl or cyclic N) is 1. The number of aliphatic hydroxyl groups excluding tert-OH is 1. The lowest BCUT2D eigenvalue weighted by atomic mass is 9.84. The molecule has 5 nitrogen and oxygen atoms in total. The topological polar surface area (TPSA) is 70.0 Å². The Labute approximate surface area is 96.0 Å². The third kappa shape index (κ3) is 2.93. The minimum atomic E-state index is -0.723. The van der Waals surface area contributed by atoms with Crippen molar-refractivity contribution in [2.45, 2.75) is 25.9 Å². The number of hydrogen-bond acceptors (Lipinski definition) is 4. The van der Waals surface area contributed by atoms with E-state index in [1.165, 1.54) is 0 Å². The number of aliphatic hydroxyl groups is 1. The number of ether oxygens (including phenoxy) is 1. The molecule has 2 unspecified atom stereocenters. The van der Waals surface area contributed by atoms with Crippen LogP contribution in [0.25, 0.3) is 0 Å². The Bertz CT molecular complexity index is 246. The highest BCUT2D eigenvalue weighted by atomic mass is 16.5. The molecule has 1 rings (SSSR count). The van der Waals surface area contributed by atoms with Crippen molar-refractivity contribution >= 4 is 5.97 Å². The van der Waals surface area contributed by atoms with E-state index in [2.05, 4.69) is 0 Å². The fourth-order valence-corrected chi connectivity index (χ4v) is 2.27. The molecule has 1 heterocycles. The Balaban J connectivity index is 2.48. The van der Waals surface area contributed by atoms with E-state index >= 15 is 0 Å². The summed E-state index contributed by atoms with van der Waals surface area (Å²) in [6.07, 6.45) is 0.768. The Morgan fingerprint density at radius 1 is 1.62 bits per heavy atom. The quantitative estimate of drug-likeness (QED) is 0.682. The first-order chi connectivity index (χ1) is 7.54. The fourth-order valence-electron chi connectivity index (χ4n) is 2.27. The number of carbonyl (C=O) groups is 1. The van der Waals surface area contributed by atoms with Crippen LogP contribution in [0.2, 0.25) is 0 Å². The summed E-state index contributed by atoms with van der Waals surface area (Å²) in [7, 11) is 1.54. The van der Waals surface area contributed by atoms with E-state index in [1.807, 2.05) is 11.8 Å². The maximum Gasteiger partial charge on any atom is 0.310 e. The summed E-state index contributed by atoms with van der Waals surface area (Å²) in [6.45, 7) is 3.95. The molecule has 1 aliphatic heterocycles. The van der Waals surface area contributed by atoms with Crippen molar-refractivity contribution in [2.75, 3.05) is 33.4 Å². The standard InChI is InChI=1S/C11H21NO4/c1-3-11(10(14)15)4-5-12(8-11)6-9(13)7-16-2/h9,13H,3-8H2,1-2H3,(H,14,15). The van der Waals surface area contributed by atoms with Crippen LogP contribution in [0.3, 0.4) is 0 Å². The first kappa shape index (κ1) is 13.4. The van der Waals surface area contributed by atoms with Crippen molar-refractivity contribution in [3.05, 3.63) is 0 Å².